The summed E-state index contributed by atoms with van der Waals surface area (Å²) in [6.07, 6.45) is 0.465. The number of nitriles is 1. The Morgan fingerprint density at radius 1 is 1.30 bits per heavy atom. The van der Waals surface area contributed by atoms with Crippen LogP contribution in [-0.4, -0.2) is 28.7 Å². The lowest BCUT2D eigenvalue weighted by molar-refractivity contribution is 0.0522. The minimum atomic E-state index is -0.714. The third-order valence-electron chi connectivity index (χ3n) is 3.99. The van der Waals surface area contributed by atoms with Crippen LogP contribution in [0, 0.1) is 23.7 Å². The number of benzene rings is 1. The Labute approximate surface area is 158 Å². The summed E-state index contributed by atoms with van der Waals surface area (Å²) in [5.41, 5.74) is -0.472. The van der Waals surface area contributed by atoms with Crippen molar-refractivity contribution in [1.29, 1.82) is 5.26 Å². The van der Waals surface area contributed by atoms with Crippen molar-refractivity contribution in [3.05, 3.63) is 51.9 Å². The van der Waals surface area contributed by atoms with Gasteiger partial charge in [0.1, 0.15) is 5.56 Å². The molecule has 0 bridgehead atoms. The van der Waals surface area contributed by atoms with Crippen LogP contribution in [0.15, 0.2) is 35.1 Å². The predicted octanol–water partition coefficient (Wildman–Crippen LogP) is 3.04. The molecule has 1 heterocycles. The van der Waals surface area contributed by atoms with Gasteiger partial charge in [-0.1, -0.05) is 18.2 Å². The third kappa shape index (κ3) is 4.73. The van der Waals surface area contributed by atoms with Gasteiger partial charge in [0.2, 0.25) is 0 Å². The van der Waals surface area contributed by atoms with Gasteiger partial charge in [-0.15, -0.1) is 0 Å². The second-order valence-corrected chi connectivity index (χ2v) is 6.65. The Morgan fingerprint density at radius 3 is 2.56 bits per heavy atom. The highest BCUT2D eigenvalue weighted by molar-refractivity contribution is 5.90. The minimum absolute atomic E-state index is 0.0745. The topological polar surface area (TPSA) is 94.2 Å². The molecule has 7 heteroatoms. The lowest BCUT2D eigenvalue weighted by Crippen LogP contribution is -2.30. The van der Waals surface area contributed by atoms with Crippen molar-refractivity contribution >= 4 is 5.97 Å². The molecule has 1 aromatic heterocycles. The van der Waals surface area contributed by atoms with Crippen LogP contribution in [0.2, 0.25) is 0 Å². The Hall–Kier alpha value is -3.14. The molecule has 0 unspecified atom stereocenters. The molecule has 0 aliphatic heterocycles. The molecule has 1 aromatic carbocycles. The van der Waals surface area contributed by atoms with E-state index in [1.165, 1.54) is 4.57 Å². The molecule has 2 rings (SSSR count). The van der Waals surface area contributed by atoms with Crippen molar-refractivity contribution in [2.75, 3.05) is 13.2 Å². The molecule has 0 saturated heterocycles. The van der Waals surface area contributed by atoms with E-state index in [2.05, 4.69) is 11.1 Å². The summed E-state index contributed by atoms with van der Waals surface area (Å²) in [7, 11) is 0. The van der Waals surface area contributed by atoms with Crippen molar-refractivity contribution < 1.29 is 14.3 Å². The smallest absolute Gasteiger partial charge is 0.345 e. The number of hydrogen-bond donors (Lipinski definition) is 0. The molecule has 0 spiro atoms. The lowest BCUT2D eigenvalue weighted by atomic mass is 9.92. The standard InChI is InChI=1S/C20H23N3O4/c1-5-26-18(25)16-14(2)22-19(27-12-11-20(3,4)13-21)23(17(16)24)15-9-7-6-8-10-15/h6-10H,5,11-12H2,1-4H3. The highest BCUT2D eigenvalue weighted by Gasteiger charge is 2.23. The summed E-state index contributed by atoms with van der Waals surface area (Å²) in [4.78, 5) is 29.6. The van der Waals surface area contributed by atoms with E-state index >= 15 is 0 Å². The number of rotatable bonds is 7. The molecular weight excluding hydrogens is 346 g/mol. The Bertz CT molecular complexity index is 911. The van der Waals surface area contributed by atoms with Crippen LogP contribution < -0.4 is 10.3 Å². The maximum Gasteiger partial charge on any atom is 0.345 e. The van der Waals surface area contributed by atoms with Crippen LogP contribution in [0.4, 0.5) is 0 Å². The molecule has 2 aromatic rings. The summed E-state index contributed by atoms with van der Waals surface area (Å²) in [6.45, 7) is 7.22. The summed E-state index contributed by atoms with van der Waals surface area (Å²) in [5.74, 6) is -0.714. The summed E-state index contributed by atoms with van der Waals surface area (Å²) < 4.78 is 12.0. The van der Waals surface area contributed by atoms with Crippen LogP contribution in [0.5, 0.6) is 6.01 Å². The van der Waals surface area contributed by atoms with E-state index in [-0.39, 0.29) is 30.5 Å². The number of hydrogen-bond acceptors (Lipinski definition) is 6. The van der Waals surface area contributed by atoms with Crippen molar-refractivity contribution in [2.45, 2.75) is 34.1 Å². The van der Waals surface area contributed by atoms with Crippen molar-refractivity contribution in [2.24, 2.45) is 5.41 Å². The Kier molecular flexibility index (Phi) is 6.35. The van der Waals surface area contributed by atoms with Crippen LogP contribution in [0.3, 0.4) is 0 Å². The number of carbonyl (C=O) groups is 1. The van der Waals surface area contributed by atoms with Gasteiger partial charge in [-0.2, -0.15) is 5.26 Å². The van der Waals surface area contributed by atoms with Gasteiger partial charge in [-0.3, -0.25) is 4.79 Å². The zero-order chi connectivity index (χ0) is 20.0. The Balaban J connectivity index is 2.51. The molecule has 0 amide bonds. The van der Waals surface area contributed by atoms with Crippen LogP contribution >= 0.6 is 0 Å². The predicted molar refractivity (Wildman–Crippen MR) is 100 cm³/mol. The summed E-state index contributed by atoms with van der Waals surface area (Å²) >= 11 is 0. The van der Waals surface area contributed by atoms with E-state index in [0.29, 0.717) is 12.1 Å². The quantitative estimate of drug-likeness (QED) is 0.696. The van der Waals surface area contributed by atoms with Crippen molar-refractivity contribution in [3.8, 4) is 17.8 Å². The summed E-state index contributed by atoms with van der Waals surface area (Å²) in [5, 5.41) is 9.13. The first-order valence-corrected chi connectivity index (χ1v) is 8.71. The molecule has 0 saturated carbocycles. The zero-order valence-electron chi connectivity index (χ0n) is 16.0. The fourth-order valence-electron chi connectivity index (χ4n) is 2.40. The fraction of sp³-hybridized carbons (Fsp3) is 0.400. The first kappa shape index (κ1) is 20.2. The maximum absolute atomic E-state index is 13.0. The van der Waals surface area contributed by atoms with Gasteiger partial charge in [0.05, 0.1) is 36.1 Å². The molecule has 27 heavy (non-hydrogen) atoms. The van der Waals surface area contributed by atoms with Gasteiger partial charge >= 0.3 is 12.0 Å². The van der Waals surface area contributed by atoms with Crippen molar-refractivity contribution in [3.63, 3.8) is 0 Å². The van der Waals surface area contributed by atoms with E-state index in [9.17, 15) is 9.59 Å². The van der Waals surface area contributed by atoms with Gasteiger partial charge in [0.25, 0.3) is 5.56 Å². The van der Waals surface area contributed by atoms with E-state index < -0.39 is 16.9 Å². The van der Waals surface area contributed by atoms with E-state index in [0.717, 1.165) is 0 Å². The van der Waals surface area contributed by atoms with Crippen LogP contribution in [0.1, 0.15) is 43.2 Å². The number of esters is 1. The Morgan fingerprint density at radius 2 is 1.96 bits per heavy atom. The van der Waals surface area contributed by atoms with Gasteiger partial charge in [-0.05, 0) is 46.2 Å². The average molecular weight is 369 g/mol. The fourth-order valence-corrected chi connectivity index (χ4v) is 2.40. The number of aryl methyl sites for hydroxylation is 1. The largest absolute Gasteiger partial charge is 0.464 e. The lowest BCUT2D eigenvalue weighted by Gasteiger charge is -2.18. The van der Waals surface area contributed by atoms with Gasteiger partial charge < -0.3 is 9.47 Å². The first-order chi connectivity index (χ1) is 12.8. The maximum atomic E-state index is 13.0. The average Bonchev–Trinajstić information content (AvgIpc) is 2.62. The molecule has 0 N–H and O–H groups in total. The number of aromatic nitrogens is 2. The monoisotopic (exact) mass is 369 g/mol. The number of ether oxygens (including phenoxy) is 2. The molecule has 0 aliphatic carbocycles. The zero-order valence-corrected chi connectivity index (χ0v) is 16.0. The third-order valence-corrected chi connectivity index (χ3v) is 3.99. The highest BCUT2D eigenvalue weighted by Crippen LogP contribution is 2.21. The normalized spacial score (nSPS) is 10.9. The molecule has 0 fully saturated rings. The molecule has 0 radical (unpaired) electrons. The number of para-hydroxylation sites is 1. The van der Waals surface area contributed by atoms with Gasteiger partial charge in [0.15, 0.2) is 0 Å². The first-order valence-electron chi connectivity index (χ1n) is 8.71. The van der Waals surface area contributed by atoms with E-state index in [1.807, 2.05) is 19.9 Å². The van der Waals surface area contributed by atoms with Gasteiger partial charge in [0, 0.05) is 0 Å². The molecule has 142 valence electrons. The van der Waals surface area contributed by atoms with Crippen LogP contribution in [-0.2, 0) is 4.74 Å². The van der Waals surface area contributed by atoms with Gasteiger partial charge in [-0.25, -0.2) is 14.3 Å². The molecular formula is C20H23N3O4. The summed E-state index contributed by atoms with van der Waals surface area (Å²) in [6, 6.07) is 11.1. The second-order valence-electron chi connectivity index (χ2n) is 6.65. The molecule has 0 atom stereocenters. The van der Waals surface area contributed by atoms with Crippen molar-refractivity contribution in [1.82, 2.24) is 9.55 Å². The number of carbonyl (C=O) groups excluding carboxylic acids is 1. The molecule has 7 nitrogen and oxygen atoms in total. The van der Waals surface area contributed by atoms with E-state index in [1.54, 1.807) is 38.1 Å². The minimum Gasteiger partial charge on any atom is -0.464 e. The second kappa shape index (κ2) is 8.49. The van der Waals surface area contributed by atoms with Crippen LogP contribution in [0.25, 0.3) is 5.69 Å². The molecule has 0 aliphatic rings. The SMILES string of the molecule is CCOC(=O)c1c(C)nc(OCCC(C)(C)C#N)n(-c2ccccc2)c1=O. The highest BCUT2D eigenvalue weighted by atomic mass is 16.5. The van der Waals surface area contributed by atoms with E-state index in [4.69, 9.17) is 14.7 Å². The number of nitrogens with zero attached hydrogens (tertiary/aromatic N) is 3.